The van der Waals surface area contributed by atoms with Crippen molar-refractivity contribution in [1.29, 1.82) is 0 Å². The van der Waals surface area contributed by atoms with Crippen LogP contribution in [0, 0.1) is 17.7 Å². The first-order valence-electron chi connectivity index (χ1n) is 11.5. The summed E-state index contributed by atoms with van der Waals surface area (Å²) in [4.78, 5) is 17.3. The first-order chi connectivity index (χ1) is 15.8. The minimum Gasteiger partial charge on any atom is -0.395 e. The second-order valence-electron chi connectivity index (χ2n) is 9.48. The molecule has 2 aliphatic rings. The van der Waals surface area contributed by atoms with Crippen LogP contribution >= 0.6 is 0 Å². The van der Waals surface area contributed by atoms with Crippen molar-refractivity contribution in [3.05, 3.63) is 71.0 Å². The summed E-state index contributed by atoms with van der Waals surface area (Å²) in [6.07, 6.45) is 1.85. The van der Waals surface area contributed by atoms with Gasteiger partial charge in [-0.2, -0.15) is 0 Å². The molecule has 2 aliphatic heterocycles. The fourth-order valence-electron chi connectivity index (χ4n) is 4.91. The van der Waals surface area contributed by atoms with E-state index in [1.165, 1.54) is 24.3 Å². The Bertz CT molecular complexity index is 1030. The lowest BCUT2D eigenvalue weighted by Gasteiger charge is -2.57. The van der Waals surface area contributed by atoms with Crippen LogP contribution < -0.4 is 0 Å². The maximum Gasteiger partial charge on any atom is 0.253 e. The van der Waals surface area contributed by atoms with E-state index in [9.17, 15) is 19.4 Å². The number of benzene rings is 2. The highest BCUT2D eigenvalue weighted by Gasteiger charge is 2.49. The van der Waals surface area contributed by atoms with E-state index in [0.717, 1.165) is 30.5 Å². The van der Waals surface area contributed by atoms with Crippen LogP contribution in [0.15, 0.2) is 48.5 Å². The number of amides is 1. The highest BCUT2D eigenvalue weighted by Crippen LogP contribution is 2.42. The molecule has 2 fully saturated rings. The zero-order chi connectivity index (χ0) is 23.6. The van der Waals surface area contributed by atoms with Gasteiger partial charge in [-0.05, 0) is 75.2 Å². The Kier molecular flexibility index (Phi) is 6.85. The van der Waals surface area contributed by atoms with Crippen molar-refractivity contribution in [3.8, 4) is 11.8 Å². The number of aliphatic hydroxyl groups is 2. The van der Waals surface area contributed by atoms with Crippen LogP contribution in [-0.4, -0.2) is 69.8 Å². The van der Waals surface area contributed by atoms with E-state index >= 15 is 0 Å². The van der Waals surface area contributed by atoms with Crippen LogP contribution in [-0.2, 0) is 0 Å². The number of rotatable bonds is 3. The van der Waals surface area contributed by atoms with Gasteiger partial charge in [0.25, 0.3) is 5.91 Å². The largest absolute Gasteiger partial charge is 0.395 e. The molecule has 0 saturated carbocycles. The second kappa shape index (κ2) is 9.64. The Morgan fingerprint density at radius 1 is 1.09 bits per heavy atom. The highest BCUT2D eigenvalue weighted by molar-refractivity contribution is 5.94. The molecule has 174 valence electrons. The van der Waals surface area contributed by atoms with Gasteiger partial charge in [-0.3, -0.25) is 9.69 Å². The molecule has 2 aromatic carbocycles. The van der Waals surface area contributed by atoms with Gasteiger partial charge in [-0.25, -0.2) is 4.39 Å². The van der Waals surface area contributed by atoms with Gasteiger partial charge in [-0.15, -0.1) is 0 Å². The third-order valence-corrected chi connectivity index (χ3v) is 6.56. The lowest BCUT2D eigenvalue weighted by molar-refractivity contribution is -0.0606. The molecule has 2 aromatic rings. The molecule has 2 N–H and O–H groups in total. The Morgan fingerprint density at radius 2 is 1.76 bits per heavy atom. The number of carbonyl (C=O) groups is 1. The van der Waals surface area contributed by atoms with Crippen molar-refractivity contribution >= 4 is 5.91 Å². The first kappa shape index (κ1) is 23.4. The van der Waals surface area contributed by atoms with Gasteiger partial charge < -0.3 is 15.1 Å². The fourth-order valence-corrected chi connectivity index (χ4v) is 4.91. The van der Waals surface area contributed by atoms with Crippen molar-refractivity contribution < 1.29 is 19.4 Å². The molecule has 0 aromatic heterocycles. The predicted octanol–water partition coefficient (Wildman–Crippen LogP) is 3.01. The van der Waals surface area contributed by atoms with Crippen LogP contribution in [0.2, 0.25) is 0 Å². The van der Waals surface area contributed by atoms with Crippen LogP contribution in [0.3, 0.4) is 0 Å². The predicted molar refractivity (Wildman–Crippen MR) is 125 cm³/mol. The minimum absolute atomic E-state index is 0.0178. The zero-order valence-electron chi connectivity index (χ0n) is 19.2. The van der Waals surface area contributed by atoms with Crippen molar-refractivity contribution in [1.82, 2.24) is 9.80 Å². The van der Waals surface area contributed by atoms with E-state index in [1.807, 2.05) is 29.2 Å². The van der Waals surface area contributed by atoms with E-state index in [1.54, 1.807) is 13.8 Å². The van der Waals surface area contributed by atoms with Crippen LogP contribution in [0.4, 0.5) is 4.39 Å². The molecular formula is C27H31FN2O3. The normalized spacial score (nSPS) is 23.4. The standard InChI is InChI=1S/C27H31FN2O3/c1-27(2,33)14-13-19-5-7-20(8-6-19)25-23-17-29(15-3-4-16-30(23)24(25)18-31)26(32)21-9-11-22(28)12-10-21/h5-12,23-25,31,33H,3-4,15-18H2,1-2H3/t23-,24+,25-/m1/s1. The van der Waals surface area contributed by atoms with Gasteiger partial charge in [0.15, 0.2) is 0 Å². The van der Waals surface area contributed by atoms with Crippen LogP contribution in [0.25, 0.3) is 0 Å². The molecule has 1 amide bonds. The Balaban J connectivity index is 1.55. The van der Waals surface area contributed by atoms with Crippen molar-refractivity contribution in [2.24, 2.45) is 0 Å². The van der Waals surface area contributed by atoms with Gasteiger partial charge in [0.1, 0.15) is 11.4 Å². The number of hydrogen-bond donors (Lipinski definition) is 2. The summed E-state index contributed by atoms with van der Waals surface area (Å²) in [6, 6.07) is 13.8. The van der Waals surface area contributed by atoms with E-state index in [4.69, 9.17) is 0 Å². The van der Waals surface area contributed by atoms with Gasteiger partial charge >= 0.3 is 0 Å². The highest BCUT2D eigenvalue weighted by atomic mass is 19.1. The molecule has 33 heavy (non-hydrogen) atoms. The SMILES string of the molecule is CC(C)(O)C#Cc1ccc([C@@H]2[C@H]3CN(C(=O)c4ccc(F)cc4)CCCCN3[C@H]2CO)cc1. The summed E-state index contributed by atoms with van der Waals surface area (Å²) in [7, 11) is 0. The van der Waals surface area contributed by atoms with Gasteiger partial charge in [-0.1, -0.05) is 24.0 Å². The topological polar surface area (TPSA) is 64.0 Å². The summed E-state index contributed by atoms with van der Waals surface area (Å²) in [5.41, 5.74) is 1.38. The van der Waals surface area contributed by atoms with Crippen molar-refractivity contribution in [2.45, 2.75) is 50.3 Å². The summed E-state index contributed by atoms with van der Waals surface area (Å²) in [5, 5.41) is 19.9. The lowest BCUT2D eigenvalue weighted by Crippen LogP contribution is -2.67. The molecule has 2 saturated heterocycles. The third kappa shape index (κ3) is 5.27. The summed E-state index contributed by atoms with van der Waals surface area (Å²) >= 11 is 0. The molecule has 4 rings (SSSR count). The lowest BCUT2D eigenvalue weighted by atomic mass is 9.74. The Morgan fingerprint density at radius 3 is 2.39 bits per heavy atom. The average molecular weight is 451 g/mol. The number of carbonyl (C=O) groups excluding carboxylic acids is 1. The molecule has 2 heterocycles. The second-order valence-corrected chi connectivity index (χ2v) is 9.48. The fraction of sp³-hybridized carbons (Fsp3) is 0.444. The molecule has 0 aliphatic carbocycles. The maximum atomic E-state index is 13.3. The molecule has 0 unspecified atom stereocenters. The maximum absolute atomic E-state index is 13.3. The van der Waals surface area contributed by atoms with E-state index in [2.05, 4.69) is 16.7 Å². The van der Waals surface area contributed by atoms with E-state index in [0.29, 0.717) is 18.7 Å². The van der Waals surface area contributed by atoms with Crippen molar-refractivity contribution in [3.63, 3.8) is 0 Å². The molecule has 0 spiro atoms. The summed E-state index contributed by atoms with van der Waals surface area (Å²) in [6.45, 7) is 5.50. The molecule has 0 bridgehead atoms. The quantitative estimate of drug-likeness (QED) is 0.706. The smallest absolute Gasteiger partial charge is 0.253 e. The number of fused-ring (bicyclic) bond motifs is 1. The summed E-state index contributed by atoms with van der Waals surface area (Å²) in [5.74, 6) is 5.48. The van der Waals surface area contributed by atoms with Crippen molar-refractivity contribution in [2.75, 3.05) is 26.2 Å². The zero-order valence-corrected chi connectivity index (χ0v) is 19.2. The van der Waals surface area contributed by atoms with Crippen LogP contribution in [0.5, 0.6) is 0 Å². The first-order valence-corrected chi connectivity index (χ1v) is 11.5. The Hall–Kier alpha value is -2.72. The van der Waals surface area contributed by atoms with Crippen LogP contribution in [0.1, 0.15) is 54.1 Å². The molecular weight excluding hydrogens is 419 g/mol. The van der Waals surface area contributed by atoms with Gasteiger partial charge in [0.2, 0.25) is 0 Å². The number of hydrogen-bond acceptors (Lipinski definition) is 4. The molecule has 6 heteroatoms. The third-order valence-electron chi connectivity index (χ3n) is 6.56. The van der Waals surface area contributed by atoms with E-state index in [-0.39, 0.29) is 36.3 Å². The molecule has 3 atom stereocenters. The molecule has 0 radical (unpaired) electrons. The molecule has 5 nitrogen and oxygen atoms in total. The minimum atomic E-state index is -1.05. The van der Waals surface area contributed by atoms with Gasteiger partial charge in [0, 0.05) is 42.2 Å². The number of nitrogens with zero attached hydrogens (tertiary/aromatic N) is 2. The van der Waals surface area contributed by atoms with Gasteiger partial charge in [0.05, 0.1) is 6.61 Å². The average Bonchev–Trinajstić information content (AvgIpc) is 2.77. The van der Waals surface area contributed by atoms with E-state index < -0.39 is 5.60 Å². The number of halogens is 1. The monoisotopic (exact) mass is 450 g/mol. The summed E-state index contributed by atoms with van der Waals surface area (Å²) < 4.78 is 13.3. The Labute approximate surface area is 194 Å². The number of aliphatic hydroxyl groups excluding tert-OH is 1.